The van der Waals surface area contributed by atoms with Gasteiger partial charge in [0.1, 0.15) is 0 Å². The van der Waals surface area contributed by atoms with E-state index in [4.69, 9.17) is 0 Å². The lowest BCUT2D eigenvalue weighted by atomic mass is 9.87. The fourth-order valence-electron chi connectivity index (χ4n) is 2.51. The number of allylic oxidation sites excluding steroid dienone is 1. The topological polar surface area (TPSA) is 32.3 Å². The van der Waals surface area contributed by atoms with Crippen molar-refractivity contribution < 1.29 is 4.80 Å². The second-order valence-corrected chi connectivity index (χ2v) is 5.89. The average Bonchev–Trinajstić information content (AvgIpc) is 2.27. The number of rotatable bonds is 0. The van der Waals surface area contributed by atoms with Crippen LogP contribution in [0.3, 0.4) is 0 Å². The first kappa shape index (κ1) is 9.33. The standard InChI is InChI=1S/C12H14NOSi/c14-15-12-8-10-4-2-1-3-9(10)7-11(12)5-6-13-15/h1-4,8,11,13-14H,5-7H2. The number of hydrogen-bond acceptors (Lipinski definition) is 2. The predicted octanol–water partition coefficient (Wildman–Crippen LogP) is 1.26. The van der Waals surface area contributed by atoms with Crippen molar-refractivity contribution >= 4 is 15.3 Å². The summed E-state index contributed by atoms with van der Waals surface area (Å²) in [5.41, 5.74) is 2.73. The van der Waals surface area contributed by atoms with Crippen LogP contribution in [0.25, 0.3) is 6.08 Å². The Kier molecular flexibility index (Phi) is 2.24. The van der Waals surface area contributed by atoms with Crippen molar-refractivity contribution in [2.24, 2.45) is 5.92 Å². The van der Waals surface area contributed by atoms with Crippen molar-refractivity contribution in [2.45, 2.75) is 12.8 Å². The summed E-state index contributed by atoms with van der Waals surface area (Å²) in [6.45, 7) is 0.967. The highest BCUT2D eigenvalue weighted by atomic mass is 28.3. The summed E-state index contributed by atoms with van der Waals surface area (Å²) in [7, 11) is -1.42. The van der Waals surface area contributed by atoms with E-state index in [-0.39, 0.29) is 0 Å². The van der Waals surface area contributed by atoms with Crippen molar-refractivity contribution in [1.29, 1.82) is 0 Å². The fraction of sp³-hybridized carbons (Fsp3) is 0.333. The van der Waals surface area contributed by atoms with Crippen molar-refractivity contribution in [3.8, 4) is 0 Å². The molecule has 1 atom stereocenters. The minimum absolute atomic E-state index is 0.583. The van der Waals surface area contributed by atoms with Crippen molar-refractivity contribution in [1.82, 2.24) is 4.98 Å². The van der Waals surface area contributed by atoms with Gasteiger partial charge in [0.25, 0.3) is 0 Å². The van der Waals surface area contributed by atoms with Crippen LogP contribution >= 0.6 is 0 Å². The minimum atomic E-state index is -1.42. The minimum Gasteiger partial charge on any atom is -0.416 e. The third-order valence-corrected chi connectivity index (χ3v) is 5.02. The molecule has 1 aliphatic carbocycles. The third-order valence-electron chi connectivity index (χ3n) is 3.33. The summed E-state index contributed by atoms with van der Waals surface area (Å²) in [6, 6.07) is 8.51. The van der Waals surface area contributed by atoms with Gasteiger partial charge in [-0.1, -0.05) is 30.3 Å². The Morgan fingerprint density at radius 3 is 3.13 bits per heavy atom. The van der Waals surface area contributed by atoms with Gasteiger partial charge in [-0.25, -0.2) is 0 Å². The highest BCUT2D eigenvalue weighted by Crippen LogP contribution is 2.32. The zero-order valence-electron chi connectivity index (χ0n) is 8.53. The van der Waals surface area contributed by atoms with E-state index < -0.39 is 9.20 Å². The molecular formula is C12H14NOSi. The molecule has 0 spiro atoms. The van der Waals surface area contributed by atoms with Crippen molar-refractivity contribution in [3.05, 3.63) is 40.6 Å². The fourth-order valence-corrected chi connectivity index (χ4v) is 4.02. The SMILES string of the molecule is O[Si]1NCCC2Cc3ccccc3C=C21. The van der Waals surface area contributed by atoms with E-state index in [9.17, 15) is 4.80 Å². The Morgan fingerprint density at radius 1 is 1.33 bits per heavy atom. The van der Waals surface area contributed by atoms with E-state index in [1.165, 1.54) is 16.3 Å². The molecule has 1 unspecified atom stereocenters. The molecule has 0 bridgehead atoms. The Balaban J connectivity index is 2.05. The zero-order valence-corrected chi connectivity index (χ0v) is 9.53. The lowest BCUT2D eigenvalue weighted by Crippen LogP contribution is -2.45. The average molecular weight is 216 g/mol. The summed E-state index contributed by atoms with van der Waals surface area (Å²) in [5, 5.41) is 1.27. The maximum atomic E-state index is 9.95. The number of fused-ring (bicyclic) bond motifs is 2. The Labute approximate surface area is 91.4 Å². The molecule has 0 amide bonds. The first-order valence-corrected chi connectivity index (χ1v) is 6.89. The smallest absolute Gasteiger partial charge is 0.333 e. The molecule has 1 aromatic carbocycles. The van der Waals surface area contributed by atoms with Gasteiger partial charge in [-0.3, -0.25) is 0 Å². The molecule has 1 radical (unpaired) electrons. The molecule has 0 saturated carbocycles. The molecule has 1 aliphatic heterocycles. The summed E-state index contributed by atoms with van der Waals surface area (Å²) in [5.74, 6) is 0.583. The van der Waals surface area contributed by atoms with Crippen molar-refractivity contribution in [2.75, 3.05) is 6.54 Å². The molecule has 2 aliphatic rings. The lowest BCUT2D eigenvalue weighted by Gasteiger charge is -2.32. The van der Waals surface area contributed by atoms with Crippen LogP contribution in [0.1, 0.15) is 17.5 Å². The van der Waals surface area contributed by atoms with E-state index >= 15 is 0 Å². The second kappa shape index (κ2) is 3.59. The van der Waals surface area contributed by atoms with Crippen LogP contribution in [-0.4, -0.2) is 20.5 Å². The molecule has 1 fully saturated rings. The van der Waals surface area contributed by atoms with Gasteiger partial charge < -0.3 is 9.78 Å². The van der Waals surface area contributed by atoms with Crippen LogP contribution in [0.15, 0.2) is 29.5 Å². The van der Waals surface area contributed by atoms with Gasteiger partial charge in [-0.05, 0) is 41.6 Å². The van der Waals surface area contributed by atoms with Gasteiger partial charge >= 0.3 is 9.20 Å². The molecule has 15 heavy (non-hydrogen) atoms. The lowest BCUT2D eigenvalue weighted by molar-refractivity contribution is 0.474. The first-order valence-electron chi connectivity index (χ1n) is 5.44. The van der Waals surface area contributed by atoms with Crippen LogP contribution in [0, 0.1) is 5.92 Å². The summed E-state index contributed by atoms with van der Waals surface area (Å²) in [6.07, 6.45) is 4.47. The Morgan fingerprint density at radius 2 is 2.20 bits per heavy atom. The third kappa shape index (κ3) is 1.57. The van der Waals surface area contributed by atoms with Crippen LogP contribution < -0.4 is 4.98 Å². The Bertz CT molecular complexity index is 416. The zero-order chi connectivity index (χ0) is 10.3. The van der Waals surface area contributed by atoms with Gasteiger partial charge in [0.05, 0.1) is 0 Å². The monoisotopic (exact) mass is 216 g/mol. The number of nitrogens with one attached hydrogen (secondary N) is 1. The molecule has 3 heteroatoms. The Hall–Kier alpha value is -0.903. The maximum absolute atomic E-state index is 9.95. The summed E-state index contributed by atoms with van der Waals surface area (Å²) < 4.78 is 0. The largest absolute Gasteiger partial charge is 0.416 e. The molecule has 1 saturated heterocycles. The van der Waals surface area contributed by atoms with E-state index in [1.54, 1.807) is 0 Å². The summed E-state index contributed by atoms with van der Waals surface area (Å²) in [4.78, 5) is 13.2. The van der Waals surface area contributed by atoms with E-state index in [2.05, 4.69) is 35.3 Å². The maximum Gasteiger partial charge on any atom is 0.333 e. The highest BCUT2D eigenvalue weighted by molar-refractivity contribution is 6.57. The molecule has 0 aromatic heterocycles. The second-order valence-electron chi connectivity index (χ2n) is 4.26. The highest BCUT2D eigenvalue weighted by Gasteiger charge is 2.31. The van der Waals surface area contributed by atoms with Gasteiger partial charge in [0.2, 0.25) is 0 Å². The van der Waals surface area contributed by atoms with E-state index in [1.807, 2.05) is 0 Å². The molecular weight excluding hydrogens is 202 g/mol. The van der Waals surface area contributed by atoms with Crippen LogP contribution in [0.4, 0.5) is 0 Å². The van der Waals surface area contributed by atoms with Crippen LogP contribution in [0.2, 0.25) is 0 Å². The number of hydrogen-bond donors (Lipinski definition) is 2. The summed E-state index contributed by atoms with van der Waals surface area (Å²) >= 11 is 0. The molecule has 1 heterocycles. The molecule has 3 rings (SSSR count). The van der Waals surface area contributed by atoms with Gasteiger partial charge in [0.15, 0.2) is 0 Å². The van der Waals surface area contributed by atoms with Gasteiger partial charge in [-0.2, -0.15) is 0 Å². The predicted molar refractivity (Wildman–Crippen MR) is 62.2 cm³/mol. The van der Waals surface area contributed by atoms with Crippen LogP contribution in [-0.2, 0) is 6.42 Å². The quantitative estimate of drug-likeness (QED) is 0.640. The van der Waals surface area contributed by atoms with E-state index in [0.29, 0.717) is 5.92 Å². The number of benzene rings is 1. The molecule has 1 aromatic rings. The van der Waals surface area contributed by atoms with Gasteiger partial charge in [-0.15, -0.1) is 0 Å². The molecule has 77 valence electrons. The normalized spacial score (nSPS) is 25.4. The first-order chi connectivity index (χ1) is 7.34. The van der Waals surface area contributed by atoms with Crippen LogP contribution in [0.5, 0.6) is 0 Å². The van der Waals surface area contributed by atoms with Crippen molar-refractivity contribution in [3.63, 3.8) is 0 Å². The molecule has 2 N–H and O–H groups in total. The molecule has 2 nitrogen and oxygen atoms in total. The van der Waals surface area contributed by atoms with E-state index in [0.717, 1.165) is 19.4 Å². The van der Waals surface area contributed by atoms with Gasteiger partial charge in [0, 0.05) is 0 Å².